The minimum absolute atomic E-state index is 0.205. The Bertz CT molecular complexity index is 416. The van der Waals surface area contributed by atoms with Crippen LogP contribution < -0.4 is 5.32 Å². The van der Waals surface area contributed by atoms with Gasteiger partial charge in [-0.25, -0.2) is 0 Å². The summed E-state index contributed by atoms with van der Waals surface area (Å²) < 4.78 is 6.02. The molecular formula is C17H28N2O. The Morgan fingerprint density at radius 1 is 1.30 bits per heavy atom. The molecule has 20 heavy (non-hydrogen) atoms. The minimum atomic E-state index is 0.205. The van der Waals surface area contributed by atoms with Gasteiger partial charge in [0, 0.05) is 36.5 Å². The van der Waals surface area contributed by atoms with Crippen LogP contribution in [-0.4, -0.2) is 23.7 Å². The van der Waals surface area contributed by atoms with Gasteiger partial charge in [0.1, 0.15) is 0 Å². The lowest BCUT2D eigenvalue weighted by Gasteiger charge is -2.53. The first-order valence-electron chi connectivity index (χ1n) is 7.68. The monoisotopic (exact) mass is 276 g/mol. The van der Waals surface area contributed by atoms with Gasteiger partial charge < -0.3 is 10.1 Å². The second-order valence-corrected chi connectivity index (χ2v) is 6.99. The Hall–Kier alpha value is -0.930. The van der Waals surface area contributed by atoms with Gasteiger partial charge in [0.05, 0.1) is 6.10 Å². The van der Waals surface area contributed by atoms with Crippen LogP contribution in [0.1, 0.15) is 52.6 Å². The second kappa shape index (κ2) is 6.23. The fourth-order valence-corrected chi connectivity index (χ4v) is 2.81. The highest BCUT2D eigenvalue weighted by atomic mass is 16.5. The molecule has 112 valence electrons. The highest BCUT2D eigenvalue weighted by Gasteiger charge is 2.49. The summed E-state index contributed by atoms with van der Waals surface area (Å²) in [6, 6.07) is 5.03. The van der Waals surface area contributed by atoms with Gasteiger partial charge in [0.15, 0.2) is 0 Å². The van der Waals surface area contributed by atoms with Crippen LogP contribution in [0.3, 0.4) is 0 Å². The maximum absolute atomic E-state index is 6.02. The quantitative estimate of drug-likeness (QED) is 0.862. The molecule has 0 aliphatic heterocycles. The van der Waals surface area contributed by atoms with E-state index in [-0.39, 0.29) is 5.41 Å². The fourth-order valence-electron chi connectivity index (χ4n) is 2.81. The molecule has 1 aliphatic carbocycles. The molecule has 1 aromatic rings. The van der Waals surface area contributed by atoms with Crippen molar-refractivity contribution in [3.63, 3.8) is 0 Å². The summed E-state index contributed by atoms with van der Waals surface area (Å²) in [7, 11) is 0. The van der Waals surface area contributed by atoms with Crippen LogP contribution in [-0.2, 0) is 4.74 Å². The summed E-state index contributed by atoms with van der Waals surface area (Å²) in [4.78, 5) is 4.07. The van der Waals surface area contributed by atoms with E-state index in [1.165, 1.54) is 5.56 Å². The fraction of sp³-hybridized carbons (Fsp3) is 0.706. The van der Waals surface area contributed by atoms with Crippen LogP contribution in [0.5, 0.6) is 0 Å². The first-order valence-corrected chi connectivity index (χ1v) is 7.68. The molecule has 0 aromatic carbocycles. The Balaban J connectivity index is 1.86. The average molecular weight is 276 g/mol. The Kier molecular flexibility index (Phi) is 4.82. The van der Waals surface area contributed by atoms with Gasteiger partial charge >= 0.3 is 0 Å². The molecule has 1 heterocycles. The zero-order chi connectivity index (χ0) is 14.8. The van der Waals surface area contributed by atoms with Crippen LogP contribution in [0.25, 0.3) is 0 Å². The summed E-state index contributed by atoms with van der Waals surface area (Å²) in [6.45, 7) is 12.1. The van der Waals surface area contributed by atoms with Crippen LogP contribution >= 0.6 is 0 Å². The highest BCUT2D eigenvalue weighted by molar-refractivity contribution is 5.15. The number of pyridine rings is 1. The summed E-state index contributed by atoms with van der Waals surface area (Å²) in [5.74, 6) is 0.605. The number of ether oxygens (including phenoxy) is 1. The van der Waals surface area contributed by atoms with Crippen molar-refractivity contribution >= 4 is 0 Å². The molecule has 0 amide bonds. The summed E-state index contributed by atoms with van der Waals surface area (Å²) in [5.41, 5.74) is 1.50. The van der Waals surface area contributed by atoms with E-state index in [1.807, 2.05) is 12.4 Å². The van der Waals surface area contributed by atoms with Crippen molar-refractivity contribution in [1.82, 2.24) is 10.3 Å². The number of hydrogen-bond donors (Lipinski definition) is 1. The van der Waals surface area contributed by atoms with Gasteiger partial charge in [-0.05, 0) is 37.0 Å². The Morgan fingerprint density at radius 2 is 1.95 bits per heavy atom. The normalized spacial score (nSPS) is 26.3. The van der Waals surface area contributed by atoms with Crippen LogP contribution in [0.4, 0.5) is 0 Å². The van der Waals surface area contributed by atoms with Gasteiger partial charge in [0.25, 0.3) is 0 Å². The third-order valence-corrected chi connectivity index (χ3v) is 4.47. The van der Waals surface area contributed by atoms with Gasteiger partial charge in [-0.2, -0.15) is 0 Å². The Morgan fingerprint density at radius 3 is 2.50 bits per heavy atom. The van der Waals surface area contributed by atoms with E-state index in [0.29, 0.717) is 24.1 Å². The largest absolute Gasteiger partial charge is 0.377 e. The minimum Gasteiger partial charge on any atom is -0.377 e. The number of aromatic nitrogens is 1. The predicted octanol–water partition coefficient (Wildman–Crippen LogP) is 3.57. The van der Waals surface area contributed by atoms with Crippen molar-refractivity contribution in [3.8, 4) is 0 Å². The number of rotatable bonds is 6. The van der Waals surface area contributed by atoms with E-state index in [4.69, 9.17) is 4.74 Å². The lowest BCUT2D eigenvalue weighted by molar-refractivity contribution is -0.125. The van der Waals surface area contributed by atoms with E-state index in [0.717, 1.165) is 13.0 Å². The molecule has 3 heteroatoms. The number of nitrogens with zero attached hydrogens (tertiary/aromatic N) is 1. The van der Waals surface area contributed by atoms with Crippen LogP contribution in [0, 0.1) is 11.3 Å². The zero-order valence-corrected chi connectivity index (χ0v) is 13.4. The van der Waals surface area contributed by atoms with Crippen molar-refractivity contribution in [2.45, 2.75) is 59.2 Å². The second-order valence-electron chi connectivity index (χ2n) is 6.99. The van der Waals surface area contributed by atoms with Crippen molar-refractivity contribution in [2.75, 3.05) is 6.61 Å². The summed E-state index contributed by atoms with van der Waals surface area (Å²) in [5, 5.41) is 3.73. The number of hydrogen-bond acceptors (Lipinski definition) is 3. The molecule has 0 bridgehead atoms. The van der Waals surface area contributed by atoms with Crippen LogP contribution in [0.2, 0.25) is 0 Å². The zero-order valence-electron chi connectivity index (χ0n) is 13.4. The third kappa shape index (κ3) is 3.39. The van der Waals surface area contributed by atoms with E-state index < -0.39 is 0 Å². The lowest BCUT2D eigenvalue weighted by atomic mass is 9.64. The molecule has 0 spiro atoms. The average Bonchev–Trinajstić information content (AvgIpc) is 2.42. The SMILES string of the molecule is CC(C)COC1CC(N[C@@H](C)c2ccncc2)C1(C)C. The van der Waals surface area contributed by atoms with Gasteiger partial charge in [-0.3, -0.25) is 4.98 Å². The maximum Gasteiger partial charge on any atom is 0.0656 e. The van der Waals surface area contributed by atoms with E-state index >= 15 is 0 Å². The molecular weight excluding hydrogens is 248 g/mol. The molecule has 3 nitrogen and oxygen atoms in total. The molecule has 0 saturated heterocycles. The van der Waals surface area contributed by atoms with E-state index in [9.17, 15) is 0 Å². The first kappa shape index (κ1) is 15.5. The van der Waals surface area contributed by atoms with E-state index in [1.54, 1.807) is 0 Å². The Labute approximate surface area is 123 Å². The topological polar surface area (TPSA) is 34.1 Å². The molecule has 0 radical (unpaired) electrons. The third-order valence-electron chi connectivity index (χ3n) is 4.47. The van der Waals surface area contributed by atoms with Crippen molar-refractivity contribution in [3.05, 3.63) is 30.1 Å². The molecule has 1 aliphatic rings. The van der Waals surface area contributed by atoms with Crippen molar-refractivity contribution in [1.29, 1.82) is 0 Å². The molecule has 1 N–H and O–H groups in total. The van der Waals surface area contributed by atoms with Gasteiger partial charge in [0.2, 0.25) is 0 Å². The van der Waals surface area contributed by atoms with E-state index in [2.05, 4.69) is 57.1 Å². The van der Waals surface area contributed by atoms with Crippen molar-refractivity contribution < 1.29 is 4.74 Å². The predicted molar refractivity (Wildman–Crippen MR) is 82.6 cm³/mol. The highest BCUT2D eigenvalue weighted by Crippen LogP contribution is 2.43. The molecule has 1 saturated carbocycles. The standard InChI is InChI=1S/C17H28N2O/c1-12(2)11-20-16-10-15(17(16,4)5)19-13(3)14-6-8-18-9-7-14/h6-9,12-13,15-16,19H,10-11H2,1-5H3/t13-,15?,16?/m0/s1. The molecule has 1 aromatic heterocycles. The maximum atomic E-state index is 6.02. The molecule has 2 rings (SSSR count). The van der Waals surface area contributed by atoms with Gasteiger partial charge in [-0.1, -0.05) is 27.7 Å². The summed E-state index contributed by atoms with van der Waals surface area (Å²) in [6.07, 6.45) is 5.20. The first-order chi connectivity index (χ1) is 9.41. The molecule has 3 atom stereocenters. The summed E-state index contributed by atoms with van der Waals surface area (Å²) >= 11 is 0. The molecule has 1 fully saturated rings. The number of nitrogens with one attached hydrogen (secondary N) is 1. The van der Waals surface area contributed by atoms with Crippen molar-refractivity contribution in [2.24, 2.45) is 11.3 Å². The smallest absolute Gasteiger partial charge is 0.0656 e. The van der Waals surface area contributed by atoms with Gasteiger partial charge in [-0.15, -0.1) is 0 Å². The molecule has 2 unspecified atom stereocenters. The van der Waals surface area contributed by atoms with Crippen LogP contribution in [0.15, 0.2) is 24.5 Å². The lowest BCUT2D eigenvalue weighted by Crippen LogP contribution is -2.61.